The number of aliphatic hydroxyl groups excluding tert-OH is 1. The number of carbonyl (C=O) groups excluding carboxylic acids is 1. The summed E-state index contributed by atoms with van der Waals surface area (Å²) in [6, 6.07) is 5.82. The lowest BCUT2D eigenvalue weighted by atomic mass is 10.0. The third kappa shape index (κ3) is 4.41. The highest BCUT2D eigenvalue weighted by Gasteiger charge is 2.14. The van der Waals surface area contributed by atoms with Crippen molar-refractivity contribution in [3.05, 3.63) is 35.0 Å². The van der Waals surface area contributed by atoms with E-state index in [4.69, 9.17) is 4.74 Å². The standard InChI is InChI=1S/C20H30N2O3/c1-13(2)19(23)8-9-21-20(24)16-6-7-18-17(12-16)14(3)15(4)22(18)10-11-25-5/h6-7,12-13,19,23H,8-11H2,1-5H3,(H,21,24). The van der Waals surface area contributed by atoms with Crippen LogP contribution in [0, 0.1) is 19.8 Å². The number of amides is 1. The second-order valence-electron chi connectivity index (χ2n) is 6.94. The van der Waals surface area contributed by atoms with Crippen LogP contribution in [-0.2, 0) is 11.3 Å². The predicted molar refractivity (Wildman–Crippen MR) is 101 cm³/mol. The molecule has 0 spiro atoms. The van der Waals surface area contributed by atoms with Crippen molar-refractivity contribution < 1.29 is 14.6 Å². The SMILES string of the molecule is COCCn1c(C)c(C)c2cc(C(=O)NCCC(O)C(C)C)ccc21. The lowest BCUT2D eigenvalue weighted by molar-refractivity contribution is 0.0920. The Hall–Kier alpha value is -1.85. The summed E-state index contributed by atoms with van der Waals surface area (Å²) in [5, 5.41) is 13.8. The summed E-state index contributed by atoms with van der Waals surface area (Å²) in [6.45, 7) is 10.1. The van der Waals surface area contributed by atoms with Crippen LogP contribution in [0.4, 0.5) is 0 Å². The van der Waals surface area contributed by atoms with Gasteiger partial charge in [0.15, 0.2) is 0 Å². The Labute approximate surface area is 150 Å². The van der Waals surface area contributed by atoms with E-state index >= 15 is 0 Å². The molecule has 0 saturated carbocycles. The first kappa shape index (κ1) is 19.5. The van der Waals surface area contributed by atoms with Crippen LogP contribution in [0.2, 0.25) is 0 Å². The Bertz CT molecular complexity index is 734. The third-order valence-corrected chi connectivity index (χ3v) is 4.92. The van der Waals surface area contributed by atoms with Crippen LogP contribution in [0.1, 0.15) is 41.9 Å². The molecule has 1 aromatic carbocycles. The number of methoxy groups -OCH3 is 1. The highest BCUT2D eigenvalue weighted by molar-refractivity contribution is 5.99. The van der Waals surface area contributed by atoms with Gasteiger partial charge in [-0.2, -0.15) is 0 Å². The fourth-order valence-electron chi connectivity index (χ4n) is 3.03. The molecular weight excluding hydrogens is 316 g/mol. The number of fused-ring (bicyclic) bond motifs is 1. The van der Waals surface area contributed by atoms with Crippen molar-refractivity contribution in [2.75, 3.05) is 20.3 Å². The number of hydrogen-bond donors (Lipinski definition) is 2. The maximum atomic E-state index is 12.4. The molecule has 1 heterocycles. The zero-order valence-electron chi connectivity index (χ0n) is 15.9. The summed E-state index contributed by atoms with van der Waals surface area (Å²) in [7, 11) is 1.70. The Morgan fingerprint density at radius 3 is 2.68 bits per heavy atom. The molecule has 1 amide bonds. The zero-order chi connectivity index (χ0) is 18.6. The van der Waals surface area contributed by atoms with Crippen molar-refractivity contribution in [1.82, 2.24) is 9.88 Å². The molecule has 1 aromatic heterocycles. The maximum Gasteiger partial charge on any atom is 0.251 e. The number of nitrogens with zero attached hydrogens (tertiary/aromatic N) is 1. The van der Waals surface area contributed by atoms with Gasteiger partial charge in [-0.1, -0.05) is 13.8 Å². The summed E-state index contributed by atoms with van der Waals surface area (Å²) in [4.78, 5) is 12.4. The van der Waals surface area contributed by atoms with E-state index in [0.717, 1.165) is 17.4 Å². The van der Waals surface area contributed by atoms with Gasteiger partial charge >= 0.3 is 0 Å². The molecule has 5 heteroatoms. The van der Waals surface area contributed by atoms with Crippen molar-refractivity contribution >= 4 is 16.8 Å². The van der Waals surface area contributed by atoms with Crippen LogP contribution < -0.4 is 5.32 Å². The second-order valence-corrected chi connectivity index (χ2v) is 6.94. The average molecular weight is 346 g/mol. The van der Waals surface area contributed by atoms with E-state index in [1.165, 1.54) is 11.3 Å². The molecule has 0 fully saturated rings. The van der Waals surface area contributed by atoms with Crippen LogP contribution >= 0.6 is 0 Å². The maximum absolute atomic E-state index is 12.4. The molecule has 0 aliphatic heterocycles. The minimum Gasteiger partial charge on any atom is -0.393 e. The van der Waals surface area contributed by atoms with Gasteiger partial charge in [0.25, 0.3) is 5.91 Å². The Morgan fingerprint density at radius 1 is 1.32 bits per heavy atom. The van der Waals surface area contributed by atoms with E-state index in [-0.39, 0.29) is 17.9 Å². The Kier molecular flexibility index (Phi) is 6.62. The van der Waals surface area contributed by atoms with Crippen molar-refractivity contribution in [3.8, 4) is 0 Å². The third-order valence-electron chi connectivity index (χ3n) is 4.92. The number of benzene rings is 1. The number of aromatic nitrogens is 1. The summed E-state index contributed by atoms with van der Waals surface area (Å²) < 4.78 is 7.43. The van der Waals surface area contributed by atoms with Crippen LogP contribution in [0.5, 0.6) is 0 Å². The molecule has 5 nitrogen and oxygen atoms in total. The first-order valence-electron chi connectivity index (χ1n) is 8.91. The Balaban J connectivity index is 2.15. The van der Waals surface area contributed by atoms with E-state index in [0.29, 0.717) is 25.1 Å². The van der Waals surface area contributed by atoms with Crippen LogP contribution in [0.15, 0.2) is 18.2 Å². The molecule has 0 aliphatic carbocycles. The largest absolute Gasteiger partial charge is 0.393 e. The number of rotatable bonds is 8. The highest BCUT2D eigenvalue weighted by Crippen LogP contribution is 2.26. The number of nitrogens with one attached hydrogen (secondary N) is 1. The fraction of sp³-hybridized carbons (Fsp3) is 0.550. The summed E-state index contributed by atoms with van der Waals surface area (Å²) >= 11 is 0. The van der Waals surface area contributed by atoms with Crippen LogP contribution in [0.3, 0.4) is 0 Å². The number of ether oxygens (including phenoxy) is 1. The number of carbonyl (C=O) groups is 1. The van der Waals surface area contributed by atoms with E-state index in [1.54, 1.807) is 7.11 Å². The van der Waals surface area contributed by atoms with E-state index in [9.17, 15) is 9.90 Å². The summed E-state index contributed by atoms with van der Waals surface area (Å²) in [5.74, 6) is 0.102. The number of aryl methyl sites for hydroxylation is 1. The molecule has 0 bridgehead atoms. The minimum atomic E-state index is -0.387. The molecule has 2 aromatic rings. The predicted octanol–water partition coefficient (Wildman–Crippen LogP) is 3.04. The fourth-order valence-corrected chi connectivity index (χ4v) is 3.03. The van der Waals surface area contributed by atoms with Gasteiger partial charge in [-0.05, 0) is 49.9 Å². The smallest absolute Gasteiger partial charge is 0.251 e. The lowest BCUT2D eigenvalue weighted by Gasteiger charge is -2.14. The zero-order valence-corrected chi connectivity index (χ0v) is 15.9. The van der Waals surface area contributed by atoms with Crippen molar-refractivity contribution in [3.63, 3.8) is 0 Å². The second kappa shape index (κ2) is 8.50. The first-order chi connectivity index (χ1) is 11.9. The molecule has 2 N–H and O–H groups in total. The Morgan fingerprint density at radius 2 is 2.04 bits per heavy atom. The van der Waals surface area contributed by atoms with E-state index in [2.05, 4.69) is 23.7 Å². The molecular formula is C20H30N2O3. The molecule has 0 aliphatic rings. The molecule has 0 saturated heterocycles. The summed E-state index contributed by atoms with van der Waals surface area (Å²) in [5.41, 5.74) is 4.16. The number of aliphatic hydroxyl groups is 1. The van der Waals surface area contributed by atoms with E-state index < -0.39 is 0 Å². The molecule has 0 radical (unpaired) electrons. The van der Waals surface area contributed by atoms with Gasteiger partial charge in [0, 0.05) is 42.4 Å². The average Bonchev–Trinajstić information content (AvgIpc) is 2.83. The molecule has 1 unspecified atom stereocenters. The normalized spacial score (nSPS) is 12.8. The molecule has 138 valence electrons. The van der Waals surface area contributed by atoms with Gasteiger partial charge in [-0.3, -0.25) is 4.79 Å². The van der Waals surface area contributed by atoms with Crippen molar-refractivity contribution in [1.29, 1.82) is 0 Å². The van der Waals surface area contributed by atoms with Gasteiger partial charge in [0.2, 0.25) is 0 Å². The lowest BCUT2D eigenvalue weighted by Crippen LogP contribution is -2.28. The van der Waals surface area contributed by atoms with Gasteiger partial charge in [-0.15, -0.1) is 0 Å². The van der Waals surface area contributed by atoms with Crippen LogP contribution in [0.25, 0.3) is 10.9 Å². The molecule has 1 atom stereocenters. The molecule has 2 rings (SSSR count). The topological polar surface area (TPSA) is 63.5 Å². The van der Waals surface area contributed by atoms with Gasteiger partial charge < -0.3 is 19.7 Å². The van der Waals surface area contributed by atoms with E-state index in [1.807, 2.05) is 32.0 Å². The van der Waals surface area contributed by atoms with Gasteiger partial charge in [0.05, 0.1) is 12.7 Å². The number of hydrogen-bond acceptors (Lipinski definition) is 3. The quantitative estimate of drug-likeness (QED) is 0.772. The van der Waals surface area contributed by atoms with Crippen molar-refractivity contribution in [2.45, 2.75) is 46.8 Å². The first-order valence-corrected chi connectivity index (χ1v) is 8.91. The minimum absolute atomic E-state index is 0.0976. The highest BCUT2D eigenvalue weighted by atomic mass is 16.5. The van der Waals surface area contributed by atoms with Gasteiger partial charge in [-0.25, -0.2) is 0 Å². The van der Waals surface area contributed by atoms with Crippen molar-refractivity contribution in [2.24, 2.45) is 5.92 Å². The monoisotopic (exact) mass is 346 g/mol. The van der Waals surface area contributed by atoms with Gasteiger partial charge in [0.1, 0.15) is 0 Å². The summed E-state index contributed by atoms with van der Waals surface area (Å²) in [6.07, 6.45) is 0.180. The van der Waals surface area contributed by atoms with Crippen LogP contribution in [-0.4, -0.2) is 41.9 Å². The molecule has 25 heavy (non-hydrogen) atoms.